The maximum atomic E-state index is 11.7. The summed E-state index contributed by atoms with van der Waals surface area (Å²) in [6.07, 6.45) is -0.469. The van der Waals surface area contributed by atoms with Crippen molar-refractivity contribution in [3.8, 4) is 11.8 Å². The summed E-state index contributed by atoms with van der Waals surface area (Å²) in [6, 6.07) is 12.3. The average Bonchev–Trinajstić information content (AvgIpc) is 2.72. The Balaban J connectivity index is 2.06. The van der Waals surface area contributed by atoms with Crippen LogP contribution < -0.4 is 9.47 Å². The first-order chi connectivity index (χ1) is 14.3. The number of aromatic nitrogens is 2. The molecule has 0 aliphatic rings. The number of methoxy groups -OCH3 is 2. The lowest BCUT2D eigenvalue weighted by molar-refractivity contribution is 0.263. The third kappa shape index (κ3) is 5.37. The summed E-state index contributed by atoms with van der Waals surface area (Å²) < 4.78 is 22.1. The molecule has 0 amide bonds. The number of nitrogens with zero attached hydrogens (tertiary/aromatic N) is 4. The topological polar surface area (TPSA) is 134 Å². The van der Waals surface area contributed by atoms with Crippen LogP contribution in [0.15, 0.2) is 47.6 Å². The second-order valence-electron chi connectivity index (χ2n) is 6.58. The third-order valence-electron chi connectivity index (χ3n) is 4.29. The Morgan fingerprint density at radius 3 is 2.30 bits per heavy atom. The van der Waals surface area contributed by atoms with Crippen LogP contribution in [0.1, 0.15) is 11.1 Å². The van der Waals surface area contributed by atoms with Crippen LogP contribution in [0, 0.1) is 4.91 Å². The first kappa shape index (κ1) is 21.8. The third-order valence-corrected chi connectivity index (χ3v) is 5.06. The molecule has 0 aliphatic heterocycles. The largest absolute Gasteiger partial charge is 0.477 e. The second-order valence-corrected chi connectivity index (χ2v) is 8.20. The molecule has 1 aromatic heterocycles. The summed E-state index contributed by atoms with van der Waals surface area (Å²) in [7, 11) is -1.50. The van der Waals surface area contributed by atoms with Crippen LogP contribution in [0.25, 0.3) is 11.0 Å². The van der Waals surface area contributed by atoms with E-state index in [2.05, 4.69) is 15.1 Å². The molecule has 158 valence electrons. The van der Waals surface area contributed by atoms with Crippen LogP contribution in [0.2, 0.25) is 0 Å². The standard InChI is InChI=1S/C19H21N4O6P/c1-28-18-19(29-2)21-17-14(8-15(22-24)9-16(17)20-18)11-23(12-30(25,26)27)10-13-6-4-3-5-7-13/h3-9H,10-12H2,1-2H3,(H2,25,26,27). The van der Waals surface area contributed by atoms with Crippen molar-refractivity contribution in [3.05, 3.63) is 58.5 Å². The van der Waals surface area contributed by atoms with Gasteiger partial charge in [0, 0.05) is 13.1 Å². The first-order valence-electron chi connectivity index (χ1n) is 8.90. The molecule has 0 bridgehead atoms. The van der Waals surface area contributed by atoms with Crippen LogP contribution in [-0.4, -0.2) is 45.2 Å². The molecule has 2 N–H and O–H groups in total. The molecule has 0 saturated heterocycles. The highest BCUT2D eigenvalue weighted by atomic mass is 31.2. The van der Waals surface area contributed by atoms with E-state index >= 15 is 0 Å². The number of hydrogen-bond donors (Lipinski definition) is 2. The Labute approximate surface area is 172 Å². The highest BCUT2D eigenvalue weighted by Gasteiger charge is 2.22. The van der Waals surface area contributed by atoms with E-state index in [1.165, 1.54) is 26.4 Å². The quantitative estimate of drug-likeness (QED) is 0.386. The molecule has 3 rings (SSSR count). The predicted molar refractivity (Wildman–Crippen MR) is 111 cm³/mol. The number of nitroso groups, excluding NO2 is 1. The lowest BCUT2D eigenvalue weighted by atomic mass is 10.1. The summed E-state index contributed by atoms with van der Waals surface area (Å²) in [5.74, 6) is 0.304. The predicted octanol–water partition coefficient (Wildman–Crippen LogP) is 3.18. The monoisotopic (exact) mass is 432 g/mol. The SMILES string of the molecule is COc1nc2cc(N=O)cc(CN(Cc3ccccc3)CP(=O)(O)O)c2nc1OC. The van der Waals surface area contributed by atoms with Gasteiger partial charge in [-0.25, -0.2) is 9.97 Å². The van der Waals surface area contributed by atoms with E-state index in [0.717, 1.165) is 5.56 Å². The molecule has 10 nitrogen and oxygen atoms in total. The number of hydrogen-bond acceptors (Lipinski definition) is 8. The van der Waals surface area contributed by atoms with Crippen molar-refractivity contribution >= 4 is 24.3 Å². The van der Waals surface area contributed by atoms with Gasteiger partial charge in [-0.15, -0.1) is 4.91 Å². The Morgan fingerprint density at radius 2 is 1.70 bits per heavy atom. The van der Waals surface area contributed by atoms with Gasteiger partial charge in [0.05, 0.1) is 25.3 Å². The van der Waals surface area contributed by atoms with E-state index in [9.17, 15) is 19.3 Å². The van der Waals surface area contributed by atoms with Crippen molar-refractivity contribution in [2.75, 3.05) is 20.5 Å². The van der Waals surface area contributed by atoms with E-state index in [1.807, 2.05) is 30.3 Å². The van der Waals surface area contributed by atoms with Crippen LogP contribution in [0.5, 0.6) is 11.8 Å². The van der Waals surface area contributed by atoms with Crippen LogP contribution in [0.4, 0.5) is 5.69 Å². The molecule has 3 aromatic rings. The minimum absolute atomic E-state index is 0.101. The van der Waals surface area contributed by atoms with E-state index in [0.29, 0.717) is 16.6 Å². The Hall–Kier alpha value is -2.91. The van der Waals surface area contributed by atoms with Gasteiger partial charge in [0.25, 0.3) is 11.8 Å². The van der Waals surface area contributed by atoms with E-state index in [1.54, 1.807) is 4.90 Å². The van der Waals surface area contributed by atoms with E-state index in [-0.39, 0.29) is 30.5 Å². The van der Waals surface area contributed by atoms with Gasteiger partial charge < -0.3 is 19.3 Å². The lowest BCUT2D eigenvalue weighted by Gasteiger charge is -2.23. The molecule has 1 heterocycles. The molecule has 11 heteroatoms. The fraction of sp³-hybridized carbons (Fsp3) is 0.263. The summed E-state index contributed by atoms with van der Waals surface area (Å²) in [6.45, 7) is 0.386. The lowest BCUT2D eigenvalue weighted by Crippen LogP contribution is -2.24. The van der Waals surface area contributed by atoms with E-state index < -0.39 is 13.9 Å². The molecule has 0 fully saturated rings. The molecular weight excluding hydrogens is 411 g/mol. The molecule has 0 aliphatic carbocycles. The fourth-order valence-electron chi connectivity index (χ4n) is 3.12. The first-order valence-corrected chi connectivity index (χ1v) is 10.7. The number of fused-ring (bicyclic) bond motifs is 1. The highest BCUT2D eigenvalue weighted by molar-refractivity contribution is 7.51. The molecular formula is C19H21N4O6P. The normalized spacial score (nSPS) is 11.6. The average molecular weight is 432 g/mol. The molecule has 0 unspecified atom stereocenters. The van der Waals surface area contributed by atoms with Gasteiger partial charge in [0.15, 0.2) is 0 Å². The molecule has 0 spiro atoms. The van der Waals surface area contributed by atoms with Crippen molar-refractivity contribution in [2.45, 2.75) is 13.1 Å². The van der Waals surface area contributed by atoms with E-state index in [4.69, 9.17) is 9.47 Å². The Kier molecular flexibility index (Phi) is 6.73. The second kappa shape index (κ2) is 9.27. The minimum atomic E-state index is -4.34. The van der Waals surface area contributed by atoms with Crippen LogP contribution >= 0.6 is 7.60 Å². The Bertz CT molecular complexity index is 1090. The number of rotatable bonds is 9. The zero-order valence-electron chi connectivity index (χ0n) is 16.4. The van der Waals surface area contributed by atoms with Gasteiger partial charge >= 0.3 is 7.60 Å². The number of ether oxygens (including phenoxy) is 2. The summed E-state index contributed by atoms with van der Waals surface area (Å²) in [5.41, 5.74) is 2.31. The highest BCUT2D eigenvalue weighted by Crippen LogP contribution is 2.37. The van der Waals surface area contributed by atoms with Gasteiger partial charge in [0.2, 0.25) is 0 Å². The van der Waals surface area contributed by atoms with Crippen molar-refractivity contribution in [3.63, 3.8) is 0 Å². The van der Waals surface area contributed by atoms with Gasteiger partial charge in [-0.05, 0) is 28.4 Å². The van der Waals surface area contributed by atoms with Gasteiger partial charge in [-0.1, -0.05) is 30.3 Å². The summed E-state index contributed by atoms with van der Waals surface area (Å²) in [5, 5.41) is 2.98. The van der Waals surface area contributed by atoms with Crippen molar-refractivity contribution in [1.82, 2.24) is 14.9 Å². The maximum Gasteiger partial charge on any atom is 0.339 e. The van der Waals surface area contributed by atoms with Crippen LogP contribution in [0.3, 0.4) is 0 Å². The molecule has 0 radical (unpaired) electrons. The Morgan fingerprint density at radius 1 is 1.03 bits per heavy atom. The molecule has 30 heavy (non-hydrogen) atoms. The van der Waals surface area contributed by atoms with Crippen molar-refractivity contribution in [1.29, 1.82) is 0 Å². The number of benzene rings is 2. The fourth-order valence-corrected chi connectivity index (χ4v) is 3.84. The maximum absolute atomic E-state index is 11.7. The molecule has 0 saturated carbocycles. The smallest absolute Gasteiger partial charge is 0.339 e. The van der Waals surface area contributed by atoms with Crippen LogP contribution in [-0.2, 0) is 17.7 Å². The van der Waals surface area contributed by atoms with Gasteiger partial charge in [-0.2, -0.15) is 0 Å². The summed E-state index contributed by atoms with van der Waals surface area (Å²) in [4.78, 5) is 40.6. The zero-order chi connectivity index (χ0) is 21.7. The van der Waals surface area contributed by atoms with Crippen molar-refractivity contribution < 1.29 is 23.8 Å². The summed E-state index contributed by atoms with van der Waals surface area (Å²) >= 11 is 0. The zero-order valence-corrected chi connectivity index (χ0v) is 17.3. The van der Waals surface area contributed by atoms with Crippen molar-refractivity contribution in [2.24, 2.45) is 5.18 Å². The molecule has 2 aromatic carbocycles. The van der Waals surface area contributed by atoms with Gasteiger partial charge in [-0.3, -0.25) is 9.46 Å². The minimum Gasteiger partial charge on any atom is -0.477 e. The van der Waals surface area contributed by atoms with Gasteiger partial charge in [0.1, 0.15) is 12.0 Å². The molecule has 0 atom stereocenters.